The van der Waals surface area contributed by atoms with Crippen molar-refractivity contribution in [3.05, 3.63) is 87.7 Å². The Labute approximate surface area is 158 Å². The molecule has 0 atom stereocenters. The predicted molar refractivity (Wildman–Crippen MR) is 106 cm³/mol. The third-order valence-electron chi connectivity index (χ3n) is 4.25. The standard InChI is InChI=1S/C21H20ClN3O/c1-14-8-10-18(11-9-14)25-15(2)12-17(16(25)3)13-23-24-21(26)19-6-4-5-7-20(19)22/h4-13H,1-3H3,(H,24,26)/b23-13-. The van der Waals surface area contributed by atoms with Gasteiger partial charge in [0.2, 0.25) is 0 Å². The van der Waals surface area contributed by atoms with E-state index < -0.39 is 0 Å². The highest BCUT2D eigenvalue weighted by Gasteiger charge is 2.10. The zero-order valence-corrected chi connectivity index (χ0v) is 15.7. The first kappa shape index (κ1) is 18.0. The number of benzene rings is 2. The van der Waals surface area contributed by atoms with Gasteiger partial charge in [-0.25, -0.2) is 5.43 Å². The fourth-order valence-corrected chi connectivity index (χ4v) is 3.10. The molecule has 1 N–H and O–H groups in total. The third-order valence-corrected chi connectivity index (χ3v) is 4.58. The van der Waals surface area contributed by atoms with E-state index in [1.807, 2.05) is 19.9 Å². The Morgan fingerprint density at radius 2 is 1.77 bits per heavy atom. The van der Waals surface area contributed by atoms with Gasteiger partial charge in [0.15, 0.2) is 0 Å². The molecule has 2 aromatic carbocycles. The molecule has 3 aromatic rings. The highest BCUT2D eigenvalue weighted by atomic mass is 35.5. The number of halogens is 1. The van der Waals surface area contributed by atoms with Crippen LogP contribution in [0.1, 0.15) is 32.9 Å². The van der Waals surface area contributed by atoms with Crippen LogP contribution < -0.4 is 5.43 Å². The van der Waals surface area contributed by atoms with Gasteiger partial charge in [-0.05, 0) is 51.1 Å². The maximum atomic E-state index is 12.2. The second-order valence-electron chi connectivity index (χ2n) is 6.18. The van der Waals surface area contributed by atoms with E-state index in [4.69, 9.17) is 11.6 Å². The second-order valence-corrected chi connectivity index (χ2v) is 6.58. The third kappa shape index (κ3) is 3.70. The molecule has 4 nitrogen and oxygen atoms in total. The largest absolute Gasteiger partial charge is 0.318 e. The maximum Gasteiger partial charge on any atom is 0.272 e. The molecular weight excluding hydrogens is 346 g/mol. The van der Waals surface area contributed by atoms with E-state index in [9.17, 15) is 4.79 Å². The zero-order valence-electron chi connectivity index (χ0n) is 15.0. The van der Waals surface area contributed by atoms with Gasteiger partial charge in [-0.3, -0.25) is 4.79 Å². The minimum atomic E-state index is -0.334. The van der Waals surface area contributed by atoms with Crippen molar-refractivity contribution in [1.82, 2.24) is 9.99 Å². The number of nitrogens with zero attached hydrogens (tertiary/aromatic N) is 2. The predicted octanol–water partition coefficient (Wildman–Crippen LogP) is 4.82. The Morgan fingerprint density at radius 3 is 2.46 bits per heavy atom. The van der Waals surface area contributed by atoms with E-state index in [1.54, 1.807) is 30.5 Å². The molecule has 0 aliphatic rings. The van der Waals surface area contributed by atoms with E-state index in [-0.39, 0.29) is 5.91 Å². The molecule has 26 heavy (non-hydrogen) atoms. The first-order valence-electron chi connectivity index (χ1n) is 8.31. The Bertz CT molecular complexity index is 971. The molecule has 0 radical (unpaired) electrons. The van der Waals surface area contributed by atoms with Crippen LogP contribution in [-0.4, -0.2) is 16.7 Å². The minimum absolute atomic E-state index is 0.334. The van der Waals surface area contributed by atoms with Crippen molar-refractivity contribution in [2.45, 2.75) is 20.8 Å². The van der Waals surface area contributed by atoms with Crippen LogP contribution >= 0.6 is 11.6 Å². The topological polar surface area (TPSA) is 46.4 Å². The Kier molecular flexibility index (Phi) is 5.24. The van der Waals surface area contributed by atoms with Crippen LogP contribution in [-0.2, 0) is 0 Å². The van der Waals surface area contributed by atoms with Gasteiger partial charge in [0, 0.05) is 22.6 Å². The Balaban J connectivity index is 1.79. The van der Waals surface area contributed by atoms with E-state index in [0.29, 0.717) is 10.6 Å². The van der Waals surface area contributed by atoms with Crippen LogP contribution in [0, 0.1) is 20.8 Å². The van der Waals surface area contributed by atoms with Gasteiger partial charge >= 0.3 is 0 Å². The van der Waals surface area contributed by atoms with Crippen molar-refractivity contribution in [3.8, 4) is 5.69 Å². The summed E-state index contributed by atoms with van der Waals surface area (Å²) in [6.07, 6.45) is 1.65. The number of hydrogen-bond donors (Lipinski definition) is 1. The molecule has 0 spiro atoms. The molecule has 0 fully saturated rings. The van der Waals surface area contributed by atoms with Crippen molar-refractivity contribution in [2.24, 2.45) is 5.10 Å². The summed E-state index contributed by atoms with van der Waals surface area (Å²) in [6.45, 7) is 6.15. The Morgan fingerprint density at radius 1 is 1.08 bits per heavy atom. The molecule has 5 heteroatoms. The van der Waals surface area contributed by atoms with Gasteiger partial charge in [-0.15, -0.1) is 0 Å². The quantitative estimate of drug-likeness (QED) is 0.523. The smallest absolute Gasteiger partial charge is 0.272 e. The zero-order chi connectivity index (χ0) is 18.7. The van der Waals surface area contributed by atoms with E-state index >= 15 is 0 Å². The number of hydrazone groups is 1. The number of aromatic nitrogens is 1. The fourth-order valence-electron chi connectivity index (χ4n) is 2.88. The normalized spacial score (nSPS) is 11.1. The molecule has 0 aliphatic heterocycles. The van der Waals surface area contributed by atoms with Crippen LogP contribution in [0.15, 0.2) is 59.7 Å². The fraction of sp³-hybridized carbons (Fsp3) is 0.143. The van der Waals surface area contributed by atoms with E-state index in [2.05, 4.69) is 46.3 Å². The maximum absolute atomic E-state index is 12.2. The number of rotatable bonds is 4. The SMILES string of the molecule is Cc1ccc(-n2c(C)cc(/C=N\NC(=O)c3ccccc3Cl)c2C)cc1. The van der Waals surface area contributed by atoms with Crippen molar-refractivity contribution in [1.29, 1.82) is 0 Å². The van der Waals surface area contributed by atoms with Crippen molar-refractivity contribution >= 4 is 23.7 Å². The van der Waals surface area contributed by atoms with Gasteiger partial charge in [0.25, 0.3) is 5.91 Å². The molecular formula is C21H20ClN3O. The molecule has 0 bridgehead atoms. The van der Waals surface area contributed by atoms with Gasteiger partial charge < -0.3 is 4.57 Å². The monoisotopic (exact) mass is 365 g/mol. The number of hydrogen-bond acceptors (Lipinski definition) is 2. The molecule has 0 saturated carbocycles. The number of carbonyl (C=O) groups excluding carboxylic acids is 1. The Hall–Kier alpha value is -2.85. The summed E-state index contributed by atoms with van der Waals surface area (Å²) in [7, 11) is 0. The average molecular weight is 366 g/mol. The number of amides is 1. The molecule has 0 unspecified atom stereocenters. The molecule has 0 aliphatic carbocycles. The first-order chi connectivity index (χ1) is 12.5. The molecule has 3 rings (SSSR count). The highest BCUT2D eigenvalue weighted by Crippen LogP contribution is 2.20. The first-order valence-corrected chi connectivity index (χ1v) is 8.69. The summed E-state index contributed by atoms with van der Waals surface area (Å²) >= 11 is 6.03. The molecule has 1 heterocycles. The van der Waals surface area contributed by atoms with E-state index in [1.165, 1.54) is 5.56 Å². The summed E-state index contributed by atoms with van der Waals surface area (Å²) in [4.78, 5) is 12.2. The lowest BCUT2D eigenvalue weighted by Crippen LogP contribution is -2.18. The molecule has 1 amide bonds. The van der Waals surface area contributed by atoms with Crippen LogP contribution in [0.2, 0.25) is 5.02 Å². The van der Waals surface area contributed by atoms with Crippen LogP contribution in [0.4, 0.5) is 0 Å². The minimum Gasteiger partial charge on any atom is -0.318 e. The van der Waals surface area contributed by atoms with Crippen LogP contribution in [0.5, 0.6) is 0 Å². The summed E-state index contributed by atoms with van der Waals surface area (Å²) in [5.74, 6) is -0.334. The number of carbonyl (C=O) groups is 1. The number of nitrogens with one attached hydrogen (secondary N) is 1. The molecule has 132 valence electrons. The second kappa shape index (κ2) is 7.58. The lowest BCUT2D eigenvalue weighted by molar-refractivity contribution is 0.0955. The van der Waals surface area contributed by atoms with Gasteiger partial charge in [-0.1, -0.05) is 41.4 Å². The highest BCUT2D eigenvalue weighted by molar-refractivity contribution is 6.33. The summed E-state index contributed by atoms with van der Waals surface area (Å²) in [6, 6.07) is 17.3. The lowest BCUT2D eigenvalue weighted by Gasteiger charge is -2.09. The summed E-state index contributed by atoms with van der Waals surface area (Å²) < 4.78 is 2.16. The summed E-state index contributed by atoms with van der Waals surface area (Å²) in [5.41, 5.74) is 8.36. The lowest BCUT2D eigenvalue weighted by atomic mass is 10.2. The molecule has 1 aromatic heterocycles. The number of aryl methyl sites for hydroxylation is 2. The molecule has 0 saturated heterocycles. The summed E-state index contributed by atoms with van der Waals surface area (Å²) in [5, 5.41) is 4.49. The van der Waals surface area contributed by atoms with Crippen LogP contribution in [0.25, 0.3) is 5.69 Å². The average Bonchev–Trinajstić information content (AvgIpc) is 2.90. The van der Waals surface area contributed by atoms with E-state index in [0.717, 1.165) is 22.6 Å². The van der Waals surface area contributed by atoms with Crippen molar-refractivity contribution in [3.63, 3.8) is 0 Å². The van der Waals surface area contributed by atoms with Crippen molar-refractivity contribution in [2.75, 3.05) is 0 Å². The van der Waals surface area contributed by atoms with Gasteiger partial charge in [-0.2, -0.15) is 5.10 Å². The van der Waals surface area contributed by atoms with Gasteiger partial charge in [0.05, 0.1) is 16.8 Å². The van der Waals surface area contributed by atoms with Crippen LogP contribution in [0.3, 0.4) is 0 Å². The van der Waals surface area contributed by atoms with Gasteiger partial charge in [0.1, 0.15) is 0 Å². The van der Waals surface area contributed by atoms with Crippen molar-refractivity contribution < 1.29 is 4.79 Å².